The molecule has 0 aromatic carbocycles. The molecular formula is C16H31N3O2. The average Bonchev–Trinajstić information content (AvgIpc) is 2.71. The molecule has 0 spiro atoms. The average molecular weight is 297 g/mol. The lowest BCUT2D eigenvalue weighted by Crippen LogP contribution is -2.59. The van der Waals surface area contributed by atoms with Gasteiger partial charge in [-0.05, 0) is 33.6 Å². The van der Waals surface area contributed by atoms with E-state index in [-0.39, 0.29) is 29.6 Å². The first-order valence-corrected chi connectivity index (χ1v) is 8.17. The normalized spacial score (nSPS) is 35.2. The second-order valence-electron chi connectivity index (χ2n) is 7.26. The van der Waals surface area contributed by atoms with Crippen LogP contribution in [0.2, 0.25) is 0 Å². The second kappa shape index (κ2) is 6.23. The van der Waals surface area contributed by atoms with Crippen LogP contribution in [0.1, 0.15) is 34.6 Å². The molecular weight excluding hydrogens is 266 g/mol. The zero-order valence-corrected chi connectivity index (χ0v) is 14.1. The van der Waals surface area contributed by atoms with Gasteiger partial charge in [-0.15, -0.1) is 0 Å². The molecule has 0 aromatic rings. The summed E-state index contributed by atoms with van der Waals surface area (Å²) in [7, 11) is 0. The van der Waals surface area contributed by atoms with Crippen molar-refractivity contribution < 1.29 is 9.53 Å². The highest BCUT2D eigenvalue weighted by atomic mass is 16.5. The van der Waals surface area contributed by atoms with Crippen LogP contribution in [0.5, 0.6) is 0 Å². The van der Waals surface area contributed by atoms with Crippen LogP contribution in [0.15, 0.2) is 0 Å². The number of nitrogens with two attached hydrogens (primary N) is 1. The van der Waals surface area contributed by atoms with Crippen LogP contribution in [0.4, 0.5) is 0 Å². The van der Waals surface area contributed by atoms with Crippen molar-refractivity contribution in [3.05, 3.63) is 0 Å². The third-order valence-electron chi connectivity index (χ3n) is 5.47. The van der Waals surface area contributed by atoms with Crippen LogP contribution >= 0.6 is 0 Å². The molecule has 2 N–H and O–H groups in total. The largest absolute Gasteiger partial charge is 0.374 e. The molecule has 0 saturated carbocycles. The van der Waals surface area contributed by atoms with Crippen LogP contribution in [0.25, 0.3) is 0 Å². The molecule has 2 aliphatic rings. The van der Waals surface area contributed by atoms with Crippen molar-refractivity contribution in [1.29, 1.82) is 0 Å². The summed E-state index contributed by atoms with van der Waals surface area (Å²) in [5.74, 6) is 0.574. The number of amides is 1. The van der Waals surface area contributed by atoms with Crippen LogP contribution in [0, 0.1) is 11.8 Å². The van der Waals surface area contributed by atoms with Gasteiger partial charge in [0.05, 0.1) is 18.1 Å². The fourth-order valence-corrected chi connectivity index (χ4v) is 3.56. The summed E-state index contributed by atoms with van der Waals surface area (Å²) in [5.41, 5.74) is 5.86. The number of hydrogen-bond acceptors (Lipinski definition) is 4. The van der Waals surface area contributed by atoms with E-state index in [0.29, 0.717) is 12.5 Å². The molecule has 0 bridgehead atoms. The van der Waals surface area contributed by atoms with E-state index < -0.39 is 0 Å². The highest BCUT2D eigenvalue weighted by molar-refractivity contribution is 5.80. The van der Waals surface area contributed by atoms with Crippen molar-refractivity contribution in [3.63, 3.8) is 0 Å². The Kier molecular flexibility index (Phi) is 4.96. The van der Waals surface area contributed by atoms with E-state index in [1.165, 1.54) is 0 Å². The second-order valence-corrected chi connectivity index (χ2v) is 7.26. The Hall–Kier alpha value is -0.650. The summed E-state index contributed by atoms with van der Waals surface area (Å²) < 4.78 is 5.82. The minimum atomic E-state index is 0.00840. The van der Waals surface area contributed by atoms with E-state index >= 15 is 0 Å². The van der Waals surface area contributed by atoms with E-state index in [1.54, 1.807) is 0 Å². The maximum atomic E-state index is 12.8. The summed E-state index contributed by atoms with van der Waals surface area (Å²) in [6.07, 6.45) is 0.201. The molecule has 2 rings (SSSR count). The van der Waals surface area contributed by atoms with Gasteiger partial charge in [-0.2, -0.15) is 0 Å². The minimum absolute atomic E-state index is 0.00840. The van der Waals surface area contributed by atoms with Gasteiger partial charge in [0.2, 0.25) is 5.91 Å². The first kappa shape index (κ1) is 16.7. The maximum Gasteiger partial charge on any atom is 0.228 e. The number of carbonyl (C=O) groups excluding carboxylic acids is 1. The summed E-state index contributed by atoms with van der Waals surface area (Å²) in [6, 6.07) is 0. The quantitative estimate of drug-likeness (QED) is 0.842. The molecule has 2 aliphatic heterocycles. The van der Waals surface area contributed by atoms with E-state index in [4.69, 9.17) is 10.5 Å². The van der Waals surface area contributed by atoms with Crippen LogP contribution in [-0.2, 0) is 9.53 Å². The smallest absolute Gasteiger partial charge is 0.228 e. The maximum absolute atomic E-state index is 12.8. The molecule has 2 heterocycles. The minimum Gasteiger partial charge on any atom is -0.374 e. The molecule has 1 amide bonds. The third-order valence-corrected chi connectivity index (χ3v) is 5.47. The van der Waals surface area contributed by atoms with Gasteiger partial charge < -0.3 is 15.4 Å². The van der Waals surface area contributed by atoms with Crippen molar-refractivity contribution in [2.75, 3.05) is 32.7 Å². The molecule has 5 heteroatoms. The Bertz CT molecular complexity index is 378. The molecule has 0 radical (unpaired) electrons. The van der Waals surface area contributed by atoms with Crippen LogP contribution < -0.4 is 5.73 Å². The van der Waals surface area contributed by atoms with Gasteiger partial charge in [-0.1, -0.05) is 6.92 Å². The van der Waals surface area contributed by atoms with Crippen molar-refractivity contribution in [1.82, 2.24) is 9.80 Å². The fraction of sp³-hybridized carbons (Fsp3) is 0.938. The molecule has 2 fully saturated rings. The Balaban J connectivity index is 1.95. The van der Waals surface area contributed by atoms with Crippen molar-refractivity contribution >= 4 is 5.91 Å². The highest BCUT2D eigenvalue weighted by Gasteiger charge is 2.44. The Morgan fingerprint density at radius 3 is 2.14 bits per heavy atom. The standard InChI is InChI=1S/C16H31N3O2/c1-11-12(2)21-13(3)14(11)15(20)18-6-8-19(9-7-18)16(4,5)10-17/h11-14H,6-10,17H2,1-5H3. The number of carbonyl (C=O) groups is 1. The number of hydrogen-bond donors (Lipinski definition) is 1. The molecule has 5 nitrogen and oxygen atoms in total. The van der Waals surface area contributed by atoms with Gasteiger partial charge in [-0.25, -0.2) is 0 Å². The monoisotopic (exact) mass is 297 g/mol. The van der Waals surface area contributed by atoms with E-state index in [1.807, 2.05) is 11.8 Å². The van der Waals surface area contributed by atoms with Crippen LogP contribution in [0.3, 0.4) is 0 Å². The number of nitrogens with zero attached hydrogens (tertiary/aromatic N) is 2. The molecule has 2 saturated heterocycles. The summed E-state index contributed by atoms with van der Waals surface area (Å²) >= 11 is 0. The molecule has 0 aliphatic carbocycles. The van der Waals surface area contributed by atoms with Crippen molar-refractivity contribution in [3.8, 4) is 0 Å². The zero-order valence-electron chi connectivity index (χ0n) is 14.1. The fourth-order valence-electron chi connectivity index (χ4n) is 3.56. The Morgan fingerprint density at radius 2 is 1.71 bits per heavy atom. The van der Waals surface area contributed by atoms with Gasteiger partial charge >= 0.3 is 0 Å². The van der Waals surface area contributed by atoms with Crippen molar-refractivity contribution in [2.24, 2.45) is 17.6 Å². The summed E-state index contributed by atoms with van der Waals surface area (Å²) in [6.45, 7) is 14.6. The van der Waals surface area contributed by atoms with Crippen LogP contribution in [-0.4, -0.2) is 66.2 Å². The lowest BCUT2D eigenvalue weighted by molar-refractivity contribution is -0.140. The molecule has 21 heavy (non-hydrogen) atoms. The Labute approximate surface area is 128 Å². The molecule has 4 atom stereocenters. The van der Waals surface area contributed by atoms with E-state index in [0.717, 1.165) is 26.2 Å². The SMILES string of the molecule is CC1OC(C)C(C(=O)N2CCN(C(C)(C)CN)CC2)C1C. The van der Waals surface area contributed by atoms with Crippen molar-refractivity contribution in [2.45, 2.75) is 52.4 Å². The molecule has 4 unspecified atom stereocenters. The summed E-state index contributed by atoms with van der Waals surface area (Å²) in [5, 5.41) is 0. The van der Waals surface area contributed by atoms with Gasteiger partial charge in [0, 0.05) is 38.3 Å². The Morgan fingerprint density at radius 1 is 1.14 bits per heavy atom. The zero-order chi connectivity index (χ0) is 15.8. The first-order chi connectivity index (χ1) is 9.77. The van der Waals surface area contributed by atoms with Gasteiger partial charge in [-0.3, -0.25) is 9.69 Å². The van der Waals surface area contributed by atoms with Gasteiger partial charge in [0.15, 0.2) is 0 Å². The molecule has 0 aromatic heterocycles. The van der Waals surface area contributed by atoms with E-state index in [9.17, 15) is 4.79 Å². The van der Waals surface area contributed by atoms with Gasteiger partial charge in [0.25, 0.3) is 0 Å². The molecule has 122 valence electrons. The summed E-state index contributed by atoms with van der Waals surface area (Å²) in [4.78, 5) is 17.2. The predicted octanol–water partition coefficient (Wildman–Crippen LogP) is 0.927. The van der Waals surface area contributed by atoms with Gasteiger partial charge in [0.1, 0.15) is 0 Å². The first-order valence-electron chi connectivity index (χ1n) is 8.17. The third kappa shape index (κ3) is 3.25. The van der Waals surface area contributed by atoms with E-state index in [2.05, 4.69) is 32.6 Å². The number of ether oxygens (including phenoxy) is 1. The number of piperazine rings is 1. The number of rotatable bonds is 3. The lowest BCUT2D eigenvalue weighted by Gasteiger charge is -2.44. The lowest BCUT2D eigenvalue weighted by atomic mass is 9.88. The topological polar surface area (TPSA) is 58.8 Å². The highest BCUT2D eigenvalue weighted by Crippen LogP contribution is 2.33. The predicted molar refractivity (Wildman–Crippen MR) is 83.9 cm³/mol.